The van der Waals surface area contributed by atoms with E-state index in [1.54, 1.807) is 0 Å². The number of esters is 1. The van der Waals surface area contributed by atoms with E-state index >= 15 is 0 Å². The topological polar surface area (TPSA) is 52.6 Å². The van der Waals surface area contributed by atoms with Gasteiger partial charge < -0.3 is 4.74 Å². The van der Waals surface area contributed by atoms with Gasteiger partial charge >= 0.3 is 5.97 Å². The van der Waals surface area contributed by atoms with E-state index in [0.717, 1.165) is 32.1 Å². The molecule has 1 atom stereocenters. The predicted octanol–water partition coefficient (Wildman–Crippen LogP) is 2.16. The van der Waals surface area contributed by atoms with Crippen molar-refractivity contribution in [3.05, 3.63) is 9.39 Å². The number of carbonyl (C=O) groups excluding carboxylic acids is 1. The quantitative estimate of drug-likeness (QED) is 0.734. The number of carbonyl (C=O) groups is 1. The molecule has 0 amide bonds. The Hall–Kier alpha value is -0.200. The SMILES string of the molecule is COS(=O)C1=C(Br)C2(CCCCC2)OC1=O. The monoisotopic (exact) mass is 308 g/mol. The van der Waals surface area contributed by atoms with Gasteiger partial charge in [0.25, 0.3) is 0 Å². The van der Waals surface area contributed by atoms with Gasteiger partial charge in [0.15, 0.2) is 16.0 Å². The summed E-state index contributed by atoms with van der Waals surface area (Å²) in [7, 11) is 1.31. The van der Waals surface area contributed by atoms with Crippen molar-refractivity contribution >= 4 is 33.0 Å². The van der Waals surface area contributed by atoms with Gasteiger partial charge in [-0.3, -0.25) is 4.18 Å². The van der Waals surface area contributed by atoms with Crippen molar-refractivity contribution in [2.45, 2.75) is 37.7 Å². The van der Waals surface area contributed by atoms with Crippen LogP contribution < -0.4 is 0 Å². The smallest absolute Gasteiger partial charge is 0.351 e. The average Bonchev–Trinajstić information content (AvgIpc) is 2.51. The molecule has 0 saturated heterocycles. The zero-order valence-corrected chi connectivity index (χ0v) is 11.4. The third-order valence-electron chi connectivity index (χ3n) is 3.05. The highest BCUT2D eigenvalue weighted by Gasteiger charge is 2.49. The summed E-state index contributed by atoms with van der Waals surface area (Å²) < 4.78 is 22.3. The normalized spacial score (nSPS) is 26.0. The summed E-state index contributed by atoms with van der Waals surface area (Å²) in [6.45, 7) is 0. The summed E-state index contributed by atoms with van der Waals surface area (Å²) in [6, 6.07) is 0. The molecule has 0 aromatic carbocycles. The summed E-state index contributed by atoms with van der Waals surface area (Å²) in [5.41, 5.74) is -0.571. The van der Waals surface area contributed by atoms with Crippen LogP contribution in [0.5, 0.6) is 0 Å². The van der Waals surface area contributed by atoms with Crippen molar-refractivity contribution in [2.24, 2.45) is 0 Å². The van der Waals surface area contributed by atoms with Crippen LogP contribution in [0.1, 0.15) is 32.1 Å². The van der Waals surface area contributed by atoms with Gasteiger partial charge in [0.05, 0.1) is 11.6 Å². The molecule has 1 spiro atoms. The van der Waals surface area contributed by atoms with Gasteiger partial charge in [0.2, 0.25) is 0 Å². The van der Waals surface area contributed by atoms with Crippen LogP contribution in [0, 0.1) is 0 Å². The number of ether oxygens (including phenoxy) is 1. The Morgan fingerprint density at radius 2 is 2.00 bits per heavy atom. The van der Waals surface area contributed by atoms with Crippen molar-refractivity contribution in [3.63, 3.8) is 0 Å². The van der Waals surface area contributed by atoms with E-state index in [1.807, 2.05) is 0 Å². The van der Waals surface area contributed by atoms with E-state index in [1.165, 1.54) is 7.11 Å². The highest BCUT2D eigenvalue weighted by atomic mass is 79.9. The van der Waals surface area contributed by atoms with E-state index < -0.39 is 22.7 Å². The molecule has 1 aliphatic carbocycles. The van der Waals surface area contributed by atoms with E-state index in [2.05, 4.69) is 15.9 Å². The first-order valence-electron chi connectivity index (χ1n) is 5.20. The van der Waals surface area contributed by atoms with E-state index in [9.17, 15) is 9.00 Å². The van der Waals surface area contributed by atoms with Crippen LogP contribution in [0.2, 0.25) is 0 Å². The van der Waals surface area contributed by atoms with Crippen LogP contribution in [-0.4, -0.2) is 22.9 Å². The largest absolute Gasteiger partial charge is 0.449 e. The van der Waals surface area contributed by atoms with Gasteiger partial charge in [0, 0.05) is 0 Å². The maximum absolute atomic E-state index is 11.7. The fourth-order valence-corrected chi connectivity index (χ4v) is 3.95. The number of hydrogen-bond acceptors (Lipinski definition) is 4. The Kier molecular flexibility index (Phi) is 3.51. The van der Waals surface area contributed by atoms with Gasteiger partial charge in [-0.05, 0) is 41.6 Å². The van der Waals surface area contributed by atoms with Crippen LogP contribution in [0.4, 0.5) is 0 Å². The molecule has 1 unspecified atom stereocenters. The van der Waals surface area contributed by atoms with Crippen LogP contribution in [0.15, 0.2) is 9.39 Å². The van der Waals surface area contributed by atoms with Gasteiger partial charge in [-0.15, -0.1) is 0 Å². The van der Waals surface area contributed by atoms with Crippen LogP contribution >= 0.6 is 15.9 Å². The number of rotatable bonds is 2. The minimum absolute atomic E-state index is 0.129. The Morgan fingerprint density at radius 3 is 2.56 bits per heavy atom. The molecular formula is C10H13BrO4S. The lowest BCUT2D eigenvalue weighted by Gasteiger charge is -2.32. The van der Waals surface area contributed by atoms with Gasteiger partial charge in [0.1, 0.15) is 5.60 Å². The molecule has 1 aliphatic heterocycles. The molecule has 6 heteroatoms. The summed E-state index contributed by atoms with van der Waals surface area (Å²) in [5.74, 6) is -0.519. The Morgan fingerprint density at radius 1 is 1.38 bits per heavy atom. The second kappa shape index (κ2) is 4.58. The van der Waals surface area contributed by atoms with Crippen LogP contribution in [0.3, 0.4) is 0 Å². The number of halogens is 1. The van der Waals surface area contributed by atoms with Gasteiger partial charge in [-0.25, -0.2) is 9.00 Å². The fourth-order valence-electron chi connectivity index (χ4n) is 2.23. The van der Waals surface area contributed by atoms with Crippen molar-refractivity contribution in [1.82, 2.24) is 0 Å². The Labute approximate surface area is 105 Å². The molecule has 16 heavy (non-hydrogen) atoms. The maximum atomic E-state index is 11.7. The van der Waals surface area contributed by atoms with Crippen LogP contribution in [-0.2, 0) is 24.8 Å². The summed E-state index contributed by atoms with van der Waals surface area (Å²) in [5, 5.41) is 0. The van der Waals surface area contributed by atoms with Crippen molar-refractivity contribution in [3.8, 4) is 0 Å². The van der Waals surface area contributed by atoms with Crippen molar-refractivity contribution in [1.29, 1.82) is 0 Å². The third-order valence-corrected chi connectivity index (χ3v) is 5.44. The second-order valence-corrected chi connectivity index (χ2v) is 5.99. The van der Waals surface area contributed by atoms with E-state index in [-0.39, 0.29) is 4.91 Å². The van der Waals surface area contributed by atoms with Crippen molar-refractivity contribution < 1.29 is 17.9 Å². The molecule has 1 fully saturated rings. The molecule has 1 heterocycles. The third kappa shape index (κ3) is 1.87. The molecule has 2 rings (SSSR count). The zero-order valence-electron chi connectivity index (χ0n) is 8.95. The minimum Gasteiger partial charge on any atom is -0.449 e. The molecule has 0 aromatic heterocycles. The Bertz CT molecular complexity index is 371. The summed E-state index contributed by atoms with van der Waals surface area (Å²) in [6.07, 6.45) is 4.79. The first kappa shape index (κ1) is 12.3. The lowest BCUT2D eigenvalue weighted by Crippen LogP contribution is -2.32. The highest BCUT2D eigenvalue weighted by molar-refractivity contribution is 9.12. The van der Waals surface area contributed by atoms with E-state index in [0.29, 0.717) is 4.48 Å². The molecule has 0 aromatic rings. The zero-order chi connectivity index (χ0) is 11.8. The minimum atomic E-state index is -1.73. The molecule has 2 aliphatic rings. The summed E-state index contributed by atoms with van der Waals surface area (Å²) in [4.78, 5) is 11.8. The van der Waals surface area contributed by atoms with Crippen LogP contribution in [0.25, 0.3) is 0 Å². The molecule has 0 N–H and O–H groups in total. The molecule has 1 saturated carbocycles. The maximum Gasteiger partial charge on any atom is 0.351 e. The molecule has 90 valence electrons. The molecule has 0 bridgehead atoms. The molecular weight excluding hydrogens is 296 g/mol. The lowest BCUT2D eigenvalue weighted by molar-refractivity contribution is -0.148. The predicted molar refractivity (Wildman–Crippen MR) is 63.0 cm³/mol. The molecule has 4 nitrogen and oxygen atoms in total. The second-order valence-electron chi connectivity index (χ2n) is 3.99. The summed E-state index contributed by atoms with van der Waals surface area (Å²) >= 11 is 1.63. The molecule has 0 radical (unpaired) electrons. The number of hydrogen-bond donors (Lipinski definition) is 0. The van der Waals surface area contributed by atoms with Gasteiger partial charge in [-0.2, -0.15) is 0 Å². The Balaban J connectivity index is 2.35. The lowest BCUT2D eigenvalue weighted by atomic mass is 9.85. The standard InChI is InChI=1S/C10H13BrO4S/c1-14-16(13)7-8(11)10(15-9(7)12)5-3-2-4-6-10/h2-6H2,1H3. The average molecular weight is 309 g/mol. The van der Waals surface area contributed by atoms with Gasteiger partial charge in [-0.1, -0.05) is 6.42 Å². The highest BCUT2D eigenvalue weighted by Crippen LogP contribution is 2.47. The first-order chi connectivity index (χ1) is 7.60. The van der Waals surface area contributed by atoms with Crippen molar-refractivity contribution in [2.75, 3.05) is 7.11 Å². The fraction of sp³-hybridized carbons (Fsp3) is 0.700. The van der Waals surface area contributed by atoms with E-state index in [4.69, 9.17) is 8.92 Å². The first-order valence-corrected chi connectivity index (χ1v) is 7.07.